The second-order valence-corrected chi connectivity index (χ2v) is 6.22. The van der Waals surface area contributed by atoms with Gasteiger partial charge in [0.1, 0.15) is 0 Å². The highest BCUT2D eigenvalue weighted by atomic mass is 79.9. The maximum atomic E-state index is 5.92. The van der Waals surface area contributed by atoms with Crippen molar-refractivity contribution in [2.75, 3.05) is 18.5 Å². The molecule has 0 aromatic carbocycles. The fourth-order valence-electron chi connectivity index (χ4n) is 2.71. The first-order valence-electron chi connectivity index (χ1n) is 7.47. The van der Waals surface area contributed by atoms with Gasteiger partial charge in [-0.15, -0.1) is 0 Å². The molecule has 0 bridgehead atoms. The van der Waals surface area contributed by atoms with Gasteiger partial charge in [0.2, 0.25) is 0 Å². The van der Waals surface area contributed by atoms with Gasteiger partial charge in [0, 0.05) is 17.4 Å². The van der Waals surface area contributed by atoms with Gasteiger partial charge in [-0.3, -0.25) is 0 Å². The minimum Gasteiger partial charge on any atom is -0.381 e. The standard InChI is InChI=1S/C15H29BrO/c1-2-3-4-5-9-12-17-14-15(13-16)10-7-6-8-11-15/h2-14H2,1H3. The Hall–Kier alpha value is 0.440. The molecule has 1 aliphatic carbocycles. The second-order valence-electron chi connectivity index (χ2n) is 5.66. The van der Waals surface area contributed by atoms with E-state index in [9.17, 15) is 0 Å². The van der Waals surface area contributed by atoms with E-state index >= 15 is 0 Å². The number of alkyl halides is 1. The Labute approximate surface area is 116 Å². The lowest BCUT2D eigenvalue weighted by Gasteiger charge is -2.35. The molecular formula is C15H29BrO. The van der Waals surface area contributed by atoms with Crippen molar-refractivity contribution in [2.45, 2.75) is 71.1 Å². The summed E-state index contributed by atoms with van der Waals surface area (Å²) >= 11 is 3.69. The zero-order valence-corrected chi connectivity index (χ0v) is 13.1. The van der Waals surface area contributed by atoms with E-state index < -0.39 is 0 Å². The Bertz CT molecular complexity index is 176. The second kappa shape index (κ2) is 9.38. The van der Waals surface area contributed by atoms with Crippen molar-refractivity contribution < 1.29 is 4.74 Å². The molecule has 0 aromatic heterocycles. The molecule has 0 heterocycles. The minimum absolute atomic E-state index is 0.460. The van der Waals surface area contributed by atoms with E-state index in [2.05, 4.69) is 22.9 Å². The summed E-state index contributed by atoms with van der Waals surface area (Å²) in [5, 5.41) is 1.12. The first kappa shape index (κ1) is 15.5. The van der Waals surface area contributed by atoms with E-state index in [0.717, 1.165) is 18.5 Å². The van der Waals surface area contributed by atoms with Crippen molar-refractivity contribution >= 4 is 15.9 Å². The Kier molecular flexibility index (Phi) is 8.55. The fourth-order valence-corrected chi connectivity index (χ4v) is 3.44. The highest BCUT2D eigenvalue weighted by molar-refractivity contribution is 9.09. The van der Waals surface area contributed by atoms with Crippen LogP contribution in [0.1, 0.15) is 71.1 Å². The number of rotatable bonds is 9. The molecule has 1 fully saturated rings. The van der Waals surface area contributed by atoms with Gasteiger partial charge < -0.3 is 4.74 Å². The fraction of sp³-hybridized carbons (Fsp3) is 1.00. The van der Waals surface area contributed by atoms with Crippen LogP contribution in [0.4, 0.5) is 0 Å². The van der Waals surface area contributed by atoms with E-state index in [1.165, 1.54) is 64.2 Å². The number of unbranched alkanes of at least 4 members (excludes halogenated alkanes) is 4. The summed E-state index contributed by atoms with van der Waals surface area (Å²) < 4.78 is 5.92. The molecular weight excluding hydrogens is 276 g/mol. The van der Waals surface area contributed by atoms with Crippen molar-refractivity contribution in [1.82, 2.24) is 0 Å². The van der Waals surface area contributed by atoms with Gasteiger partial charge in [-0.05, 0) is 19.3 Å². The molecule has 0 saturated heterocycles. The van der Waals surface area contributed by atoms with Crippen LogP contribution in [0, 0.1) is 5.41 Å². The van der Waals surface area contributed by atoms with Gasteiger partial charge in [0.05, 0.1) is 6.61 Å². The molecule has 1 nitrogen and oxygen atoms in total. The van der Waals surface area contributed by atoms with Gasteiger partial charge in [-0.2, -0.15) is 0 Å². The third-order valence-corrected chi connectivity index (χ3v) is 5.19. The SMILES string of the molecule is CCCCCCCOCC1(CBr)CCCCC1. The summed E-state index contributed by atoms with van der Waals surface area (Å²) in [6, 6.07) is 0. The van der Waals surface area contributed by atoms with Crippen molar-refractivity contribution in [1.29, 1.82) is 0 Å². The summed E-state index contributed by atoms with van der Waals surface area (Å²) in [7, 11) is 0. The molecule has 0 aromatic rings. The maximum Gasteiger partial charge on any atom is 0.0530 e. The Morgan fingerprint density at radius 3 is 2.35 bits per heavy atom. The van der Waals surface area contributed by atoms with Crippen LogP contribution in [0.2, 0.25) is 0 Å². The molecule has 1 aliphatic rings. The van der Waals surface area contributed by atoms with Crippen molar-refractivity contribution in [3.8, 4) is 0 Å². The topological polar surface area (TPSA) is 9.23 Å². The largest absolute Gasteiger partial charge is 0.381 e. The summed E-state index contributed by atoms with van der Waals surface area (Å²) in [4.78, 5) is 0. The molecule has 0 amide bonds. The molecule has 1 rings (SSSR count). The lowest BCUT2D eigenvalue weighted by Crippen LogP contribution is -2.31. The number of halogens is 1. The highest BCUT2D eigenvalue weighted by Gasteiger charge is 2.30. The molecule has 0 atom stereocenters. The smallest absolute Gasteiger partial charge is 0.0530 e. The third kappa shape index (κ3) is 6.24. The van der Waals surface area contributed by atoms with Gasteiger partial charge in [-0.25, -0.2) is 0 Å². The van der Waals surface area contributed by atoms with Crippen LogP contribution in [0.5, 0.6) is 0 Å². The van der Waals surface area contributed by atoms with Crippen LogP contribution in [0.25, 0.3) is 0 Å². The van der Waals surface area contributed by atoms with Crippen LogP contribution >= 0.6 is 15.9 Å². The zero-order chi connectivity index (χ0) is 12.4. The predicted octanol–water partition coefficient (Wildman–Crippen LogP) is 5.32. The normalized spacial score (nSPS) is 19.4. The molecule has 102 valence electrons. The lowest BCUT2D eigenvalue weighted by atomic mass is 9.76. The third-order valence-electron chi connectivity index (χ3n) is 4.00. The van der Waals surface area contributed by atoms with Crippen LogP contribution in [0.3, 0.4) is 0 Å². The average molecular weight is 305 g/mol. The molecule has 0 spiro atoms. The Balaban J connectivity index is 2.03. The molecule has 1 saturated carbocycles. The van der Waals surface area contributed by atoms with Crippen molar-refractivity contribution in [3.63, 3.8) is 0 Å². The molecule has 17 heavy (non-hydrogen) atoms. The minimum atomic E-state index is 0.460. The van der Waals surface area contributed by atoms with Gasteiger partial charge >= 0.3 is 0 Å². The van der Waals surface area contributed by atoms with E-state index in [0.29, 0.717) is 5.41 Å². The first-order chi connectivity index (χ1) is 8.33. The Morgan fingerprint density at radius 2 is 1.71 bits per heavy atom. The van der Waals surface area contributed by atoms with Crippen LogP contribution < -0.4 is 0 Å². The molecule has 0 N–H and O–H groups in total. The molecule has 2 heteroatoms. The van der Waals surface area contributed by atoms with E-state index in [4.69, 9.17) is 4.74 Å². The van der Waals surface area contributed by atoms with Crippen molar-refractivity contribution in [3.05, 3.63) is 0 Å². The van der Waals surface area contributed by atoms with E-state index in [1.807, 2.05) is 0 Å². The summed E-state index contributed by atoms with van der Waals surface area (Å²) in [6.45, 7) is 4.21. The van der Waals surface area contributed by atoms with E-state index in [-0.39, 0.29) is 0 Å². The molecule has 0 unspecified atom stereocenters. The number of hydrogen-bond acceptors (Lipinski definition) is 1. The summed E-state index contributed by atoms with van der Waals surface area (Å²) in [6.07, 6.45) is 13.6. The summed E-state index contributed by atoms with van der Waals surface area (Å²) in [5.41, 5.74) is 0.460. The number of hydrogen-bond donors (Lipinski definition) is 0. The zero-order valence-electron chi connectivity index (χ0n) is 11.5. The predicted molar refractivity (Wildman–Crippen MR) is 78.9 cm³/mol. The van der Waals surface area contributed by atoms with Gasteiger partial charge in [-0.1, -0.05) is 67.8 Å². The van der Waals surface area contributed by atoms with Crippen LogP contribution in [0.15, 0.2) is 0 Å². The number of ether oxygens (including phenoxy) is 1. The summed E-state index contributed by atoms with van der Waals surface area (Å²) in [5.74, 6) is 0. The molecule has 0 radical (unpaired) electrons. The van der Waals surface area contributed by atoms with Gasteiger partial charge in [0.25, 0.3) is 0 Å². The lowest BCUT2D eigenvalue weighted by molar-refractivity contribution is 0.0331. The molecule has 0 aliphatic heterocycles. The quantitative estimate of drug-likeness (QED) is 0.414. The monoisotopic (exact) mass is 304 g/mol. The average Bonchev–Trinajstić information content (AvgIpc) is 2.39. The van der Waals surface area contributed by atoms with Crippen LogP contribution in [-0.2, 0) is 4.74 Å². The first-order valence-corrected chi connectivity index (χ1v) is 8.59. The van der Waals surface area contributed by atoms with E-state index in [1.54, 1.807) is 0 Å². The highest BCUT2D eigenvalue weighted by Crippen LogP contribution is 2.38. The van der Waals surface area contributed by atoms with Crippen molar-refractivity contribution in [2.24, 2.45) is 5.41 Å². The van der Waals surface area contributed by atoms with Gasteiger partial charge in [0.15, 0.2) is 0 Å². The Morgan fingerprint density at radius 1 is 1.00 bits per heavy atom. The van der Waals surface area contributed by atoms with Crippen LogP contribution in [-0.4, -0.2) is 18.5 Å². The maximum absolute atomic E-state index is 5.92.